The molecule has 0 radical (unpaired) electrons. The number of hydrogen-bond acceptors (Lipinski definition) is 3. The minimum absolute atomic E-state index is 0. The van der Waals surface area contributed by atoms with Gasteiger partial charge < -0.3 is 10.6 Å². The van der Waals surface area contributed by atoms with Gasteiger partial charge in [-0.15, -0.1) is 12.4 Å². The van der Waals surface area contributed by atoms with Crippen molar-refractivity contribution in [2.24, 2.45) is 0 Å². The molecule has 0 saturated carbocycles. The molecule has 1 saturated heterocycles. The highest BCUT2D eigenvalue weighted by molar-refractivity contribution is 9.10. The fraction of sp³-hybridized carbons (Fsp3) is 0.500. The first-order valence-electron chi connectivity index (χ1n) is 6.63. The normalized spacial score (nSPS) is 18.6. The van der Waals surface area contributed by atoms with E-state index in [9.17, 15) is 4.79 Å². The summed E-state index contributed by atoms with van der Waals surface area (Å²) < 4.78 is 0.913. The van der Waals surface area contributed by atoms with Crippen molar-refractivity contribution in [3.8, 4) is 0 Å². The van der Waals surface area contributed by atoms with Gasteiger partial charge in [-0.05, 0) is 54.5 Å². The molecule has 1 aliphatic heterocycles. The van der Waals surface area contributed by atoms with E-state index in [4.69, 9.17) is 0 Å². The molecule has 1 aromatic carbocycles. The van der Waals surface area contributed by atoms with Crippen LogP contribution in [-0.2, 0) is 4.79 Å². The largest absolute Gasteiger partial charge is 0.324 e. The maximum absolute atomic E-state index is 12.1. The van der Waals surface area contributed by atoms with Crippen molar-refractivity contribution in [2.45, 2.75) is 18.9 Å². The van der Waals surface area contributed by atoms with Gasteiger partial charge >= 0.3 is 0 Å². The molecule has 2 N–H and O–H groups in total. The summed E-state index contributed by atoms with van der Waals surface area (Å²) in [6.07, 6.45) is 2.35. The van der Waals surface area contributed by atoms with Crippen molar-refractivity contribution < 1.29 is 4.79 Å². The average molecular weight is 363 g/mol. The molecule has 1 aliphatic rings. The summed E-state index contributed by atoms with van der Waals surface area (Å²) >= 11 is 3.44. The number of benzene rings is 1. The van der Waals surface area contributed by atoms with E-state index < -0.39 is 0 Å². The molecule has 1 heterocycles. The summed E-state index contributed by atoms with van der Waals surface area (Å²) in [6.45, 7) is 2.42. The standard InChI is InChI=1S/C14H20BrN3O.ClH/c1-16-9-11-5-4-8-18(11)10-14(19)17-13-7-3-2-6-12(13)15;/h2-3,6-7,11,16H,4-5,8-10H2,1H3,(H,17,19);1H. The molecule has 1 amide bonds. The monoisotopic (exact) mass is 361 g/mol. The predicted molar refractivity (Wildman–Crippen MR) is 88.5 cm³/mol. The summed E-state index contributed by atoms with van der Waals surface area (Å²) in [7, 11) is 1.96. The van der Waals surface area contributed by atoms with E-state index in [1.165, 1.54) is 12.8 Å². The number of likely N-dealkylation sites (tertiary alicyclic amines) is 1. The molecule has 0 bridgehead atoms. The Hall–Kier alpha value is -0.620. The second-order valence-electron chi connectivity index (χ2n) is 4.85. The zero-order chi connectivity index (χ0) is 13.7. The Morgan fingerprint density at radius 2 is 2.20 bits per heavy atom. The lowest BCUT2D eigenvalue weighted by Gasteiger charge is -2.23. The molecular formula is C14H21BrClN3O. The lowest BCUT2D eigenvalue weighted by Crippen LogP contribution is -2.41. The smallest absolute Gasteiger partial charge is 0.238 e. The minimum Gasteiger partial charge on any atom is -0.324 e. The first-order chi connectivity index (χ1) is 9.20. The number of nitrogens with one attached hydrogen (secondary N) is 2. The summed E-state index contributed by atoms with van der Waals surface area (Å²) in [5, 5.41) is 6.14. The van der Waals surface area contributed by atoms with Crippen LogP contribution in [0.1, 0.15) is 12.8 Å². The fourth-order valence-electron chi connectivity index (χ4n) is 2.51. The number of carbonyl (C=O) groups is 1. The Bertz CT molecular complexity index is 444. The Morgan fingerprint density at radius 1 is 1.45 bits per heavy atom. The van der Waals surface area contributed by atoms with Crippen LogP contribution in [0.15, 0.2) is 28.7 Å². The molecule has 1 fully saturated rings. The van der Waals surface area contributed by atoms with Gasteiger partial charge in [0.2, 0.25) is 5.91 Å². The van der Waals surface area contributed by atoms with Crippen molar-refractivity contribution in [1.82, 2.24) is 10.2 Å². The molecule has 4 nitrogen and oxygen atoms in total. The lowest BCUT2D eigenvalue weighted by atomic mass is 10.2. The van der Waals surface area contributed by atoms with E-state index in [1.54, 1.807) is 0 Å². The van der Waals surface area contributed by atoms with Gasteiger partial charge in [0.25, 0.3) is 0 Å². The predicted octanol–water partition coefficient (Wildman–Crippen LogP) is 2.49. The highest BCUT2D eigenvalue weighted by atomic mass is 79.9. The summed E-state index contributed by atoms with van der Waals surface area (Å²) in [6, 6.07) is 8.16. The molecule has 0 aliphatic carbocycles. The summed E-state index contributed by atoms with van der Waals surface area (Å²) in [5.74, 6) is 0.0508. The molecule has 2 rings (SSSR count). The second-order valence-corrected chi connectivity index (χ2v) is 5.71. The van der Waals surface area contributed by atoms with Gasteiger partial charge in [-0.1, -0.05) is 12.1 Å². The van der Waals surface area contributed by atoms with Crippen LogP contribution in [0.25, 0.3) is 0 Å². The van der Waals surface area contributed by atoms with Crippen molar-refractivity contribution in [3.05, 3.63) is 28.7 Å². The number of nitrogens with zero attached hydrogens (tertiary/aromatic N) is 1. The molecule has 20 heavy (non-hydrogen) atoms. The Balaban J connectivity index is 0.00000200. The van der Waals surface area contributed by atoms with E-state index in [2.05, 4.69) is 31.5 Å². The van der Waals surface area contributed by atoms with Gasteiger partial charge in [0.1, 0.15) is 0 Å². The van der Waals surface area contributed by atoms with Crippen molar-refractivity contribution in [3.63, 3.8) is 0 Å². The van der Waals surface area contributed by atoms with E-state index in [0.29, 0.717) is 12.6 Å². The summed E-state index contributed by atoms with van der Waals surface area (Å²) in [5.41, 5.74) is 0.830. The van der Waals surface area contributed by atoms with Gasteiger partial charge in [-0.2, -0.15) is 0 Å². The Labute approximate surface area is 134 Å². The average Bonchev–Trinajstić information content (AvgIpc) is 2.80. The van der Waals surface area contributed by atoms with Gasteiger partial charge in [-0.25, -0.2) is 0 Å². The number of para-hydroxylation sites is 1. The topological polar surface area (TPSA) is 44.4 Å². The third kappa shape index (κ3) is 4.74. The highest BCUT2D eigenvalue weighted by Gasteiger charge is 2.25. The van der Waals surface area contributed by atoms with Crippen LogP contribution in [-0.4, -0.2) is 43.5 Å². The maximum atomic E-state index is 12.1. The number of likely N-dealkylation sites (N-methyl/N-ethyl adjacent to an activating group) is 1. The van der Waals surface area contributed by atoms with Crippen LogP contribution >= 0.6 is 28.3 Å². The number of hydrogen-bond donors (Lipinski definition) is 2. The van der Waals surface area contributed by atoms with Crippen LogP contribution in [0, 0.1) is 0 Å². The van der Waals surface area contributed by atoms with E-state index >= 15 is 0 Å². The lowest BCUT2D eigenvalue weighted by molar-refractivity contribution is -0.117. The van der Waals surface area contributed by atoms with E-state index in [0.717, 1.165) is 23.2 Å². The van der Waals surface area contributed by atoms with Crippen LogP contribution in [0.3, 0.4) is 0 Å². The van der Waals surface area contributed by atoms with E-state index in [1.807, 2.05) is 31.3 Å². The number of amides is 1. The van der Waals surface area contributed by atoms with Crippen molar-refractivity contribution in [1.29, 1.82) is 0 Å². The zero-order valence-electron chi connectivity index (χ0n) is 11.6. The van der Waals surface area contributed by atoms with Crippen LogP contribution < -0.4 is 10.6 Å². The van der Waals surface area contributed by atoms with Crippen LogP contribution in [0.4, 0.5) is 5.69 Å². The number of halogens is 2. The number of anilines is 1. The molecule has 6 heteroatoms. The zero-order valence-corrected chi connectivity index (χ0v) is 14.0. The van der Waals surface area contributed by atoms with Crippen molar-refractivity contribution in [2.75, 3.05) is 32.0 Å². The fourth-order valence-corrected chi connectivity index (χ4v) is 2.89. The molecule has 0 aromatic heterocycles. The van der Waals surface area contributed by atoms with E-state index in [-0.39, 0.29) is 18.3 Å². The SMILES string of the molecule is CNCC1CCCN1CC(=O)Nc1ccccc1Br.Cl. The molecule has 1 aromatic rings. The number of rotatable bonds is 5. The molecule has 0 spiro atoms. The third-order valence-corrected chi connectivity index (χ3v) is 4.12. The second kappa shape index (κ2) is 8.62. The van der Waals surface area contributed by atoms with Gasteiger partial charge in [-0.3, -0.25) is 9.69 Å². The molecule has 112 valence electrons. The highest BCUT2D eigenvalue weighted by Crippen LogP contribution is 2.21. The van der Waals surface area contributed by atoms with Crippen LogP contribution in [0.2, 0.25) is 0 Å². The van der Waals surface area contributed by atoms with Gasteiger partial charge in [0.05, 0.1) is 12.2 Å². The Kier molecular flexibility index (Phi) is 7.51. The molecule has 1 unspecified atom stereocenters. The third-order valence-electron chi connectivity index (χ3n) is 3.43. The van der Waals surface area contributed by atoms with Gasteiger partial charge in [0.15, 0.2) is 0 Å². The molecule has 1 atom stereocenters. The maximum Gasteiger partial charge on any atom is 0.238 e. The first kappa shape index (κ1) is 17.4. The van der Waals surface area contributed by atoms with Gasteiger partial charge in [0, 0.05) is 17.1 Å². The Morgan fingerprint density at radius 3 is 2.90 bits per heavy atom. The minimum atomic E-state index is 0. The quantitative estimate of drug-likeness (QED) is 0.846. The number of carbonyl (C=O) groups excluding carboxylic acids is 1. The molecular weight excluding hydrogens is 342 g/mol. The van der Waals surface area contributed by atoms with Crippen molar-refractivity contribution >= 4 is 39.9 Å². The van der Waals surface area contributed by atoms with Crippen LogP contribution in [0.5, 0.6) is 0 Å². The summed E-state index contributed by atoms with van der Waals surface area (Å²) in [4.78, 5) is 14.3. The first-order valence-corrected chi connectivity index (χ1v) is 7.43.